The first kappa shape index (κ1) is 13.9. The third kappa shape index (κ3) is 3.41. The fourth-order valence-corrected chi connectivity index (χ4v) is 1.40. The van der Waals surface area contributed by atoms with Crippen molar-refractivity contribution in [3.63, 3.8) is 0 Å². The summed E-state index contributed by atoms with van der Waals surface area (Å²) < 4.78 is 4.91. The van der Waals surface area contributed by atoms with Crippen LogP contribution in [0.2, 0.25) is 0 Å². The van der Waals surface area contributed by atoms with Crippen molar-refractivity contribution in [2.45, 2.75) is 26.2 Å². The molecular weight excluding hydrogens is 238 g/mol. The molecule has 0 spiro atoms. The number of carbonyl (C=O) groups excluding carboxylic acids is 1. The van der Waals surface area contributed by atoms with Crippen molar-refractivity contribution in [2.24, 2.45) is 0 Å². The largest absolute Gasteiger partial charge is 0.461 e. The predicted molar refractivity (Wildman–Crippen MR) is 65.1 cm³/mol. The first-order valence-corrected chi connectivity index (χ1v) is 5.64. The molecule has 18 heavy (non-hydrogen) atoms. The summed E-state index contributed by atoms with van der Waals surface area (Å²) >= 11 is 0. The van der Waals surface area contributed by atoms with Crippen LogP contribution in [0.5, 0.6) is 0 Å². The first-order chi connectivity index (χ1) is 8.57. The second kappa shape index (κ2) is 6.53. The maximum atomic E-state index is 11.6. The Kier molecular flexibility index (Phi) is 5.04. The monoisotopic (exact) mass is 253 g/mol. The van der Waals surface area contributed by atoms with Gasteiger partial charge in [-0.15, -0.1) is 0 Å². The van der Waals surface area contributed by atoms with Crippen LogP contribution in [0, 0.1) is 10.1 Å². The Hall–Kier alpha value is -2.18. The summed E-state index contributed by atoms with van der Waals surface area (Å²) in [6, 6.07) is 1.27. The normalized spacial score (nSPS) is 10.1. The van der Waals surface area contributed by atoms with E-state index < -0.39 is 16.6 Å². The van der Waals surface area contributed by atoms with Crippen LogP contribution in [0.4, 0.5) is 11.4 Å². The Morgan fingerprint density at radius 1 is 1.56 bits per heavy atom. The van der Waals surface area contributed by atoms with Gasteiger partial charge < -0.3 is 10.5 Å². The van der Waals surface area contributed by atoms with Crippen molar-refractivity contribution in [1.82, 2.24) is 4.98 Å². The summed E-state index contributed by atoms with van der Waals surface area (Å²) in [4.78, 5) is 25.4. The summed E-state index contributed by atoms with van der Waals surface area (Å²) in [6.07, 6.45) is 3.89. The maximum Gasteiger partial charge on any atom is 0.364 e. The van der Waals surface area contributed by atoms with E-state index in [0.717, 1.165) is 19.3 Å². The van der Waals surface area contributed by atoms with E-state index in [2.05, 4.69) is 4.98 Å². The Morgan fingerprint density at radius 2 is 2.28 bits per heavy atom. The summed E-state index contributed by atoms with van der Waals surface area (Å²) in [6.45, 7) is 2.24. The van der Waals surface area contributed by atoms with E-state index >= 15 is 0 Å². The molecule has 0 aliphatic carbocycles. The highest BCUT2D eigenvalue weighted by Crippen LogP contribution is 2.24. The van der Waals surface area contributed by atoms with Crippen LogP contribution in [-0.2, 0) is 4.74 Å². The predicted octanol–water partition coefficient (Wildman–Crippen LogP) is 1.92. The summed E-state index contributed by atoms with van der Waals surface area (Å²) in [5.74, 6) is -0.815. The molecule has 7 heteroatoms. The molecule has 98 valence electrons. The minimum atomic E-state index is -0.815. The summed E-state index contributed by atoms with van der Waals surface area (Å²) in [5.41, 5.74) is 4.49. The van der Waals surface area contributed by atoms with Crippen molar-refractivity contribution in [1.29, 1.82) is 0 Å². The van der Waals surface area contributed by atoms with Gasteiger partial charge in [0.2, 0.25) is 5.69 Å². The molecule has 0 radical (unpaired) electrons. The van der Waals surface area contributed by atoms with E-state index in [1.807, 2.05) is 6.92 Å². The van der Waals surface area contributed by atoms with Crippen molar-refractivity contribution in [3.05, 3.63) is 28.1 Å². The molecule has 1 heterocycles. The average Bonchev–Trinajstić information content (AvgIpc) is 2.33. The van der Waals surface area contributed by atoms with Gasteiger partial charge in [-0.1, -0.05) is 19.8 Å². The van der Waals surface area contributed by atoms with Gasteiger partial charge in [0.15, 0.2) is 0 Å². The van der Waals surface area contributed by atoms with Crippen LogP contribution in [-0.4, -0.2) is 22.5 Å². The fourth-order valence-electron chi connectivity index (χ4n) is 1.40. The molecule has 0 saturated heterocycles. The topological polar surface area (TPSA) is 108 Å². The molecule has 1 aromatic heterocycles. The van der Waals surface area contributed by atoms with E-state index in [9.17, 15) is 14.9 Å². The van der Waals surface area contributed by atoms with Gasteiger partial charge in [0.25, 0.3) is 0 Å². The number of rotatable bonds is 6. The number of pyridine rings is 1. The van der Waals surface area contributed by atoms with Crippen LogP contribution in [0.1, 0.15) is 36.7 Å². The van der Waals surface area contributed by atoms with Crippen molar-refractivity contribution >= 4 is 17.3 Å². The van der Waals surface area contributed by atoms with Gasteiger partial charge >= 0.3 is 11.7 Å². The second-order valence-electron chi connectivity index (χ2n) is 3.70. The zero-order chi connectivity index (χ0) is 13.5. The Morgan fingerprint density at radius 3 is 2.89 bits per heavy atom. The van der Waals surface area contributed by atoms with Crippen LogP contribution in [0.15, 0.2) is 12.3 Å². The van der Waals surface area contributed by atoms with E-state index in [4.69, 9.17) is 10.5 Å². The van der Waals surface area contributed by atoms with Crippen LogP contribution in [0.3, 0.4) is 0 Å². The lowest BCUT2D eigenvalue weighted by molar-refractivity contribution is -0.384. The summed E-state index contributed by atoms with van der Waals surface area (Å²) in [5, 5.41) is 10.8. The Bertz CT molecular complexity index is 448. The number of aromatic nitrogens is 1. The molecule has 0 atom stereocenters. The first-order valence-electron chi connectivity index (χ1n) is 5.64. The zero-order valence-corrected chi connectivity index (χ0v) is 10.1. The van der Waals surface area contributed by atoms with E-state index in [0.29, 0.717) is 0 Å². The lowest BCUT2D eigenvalue weighted by Gasteiger charge is -2.05. The minimum Gasteiger partial charge on any atom is -0.461 e. The SMILES string of the molecule is CCCCCOC(=O)c1nccc(N)c1[N+](=O)[O-]. The van der Waals surface area contributed by atoms with Crippen molar-refractivity contribution in [2.75, 3.05) is 12.3 Å². The van der Waals surface area contributed by atoms with Crippen molar-refractivity contribution in [3.8, 4) is 0 Å². The molecule has 0 aliphatic heterocycles. The minimum absolute atomic E-state index is 0.101. The molecule has 0 aliphatic rings. The van der Waals surface area contributed by atoms with Gasteiger partial charge in [-0.3, -0.25) is 10.1 Å². The number of nitrogen functional groups attached to an aromatic ring is 1. The third-order valence-electron chi connectivity index (χ3n) is 2.31. The number of nitrogens with two attached hydrogens (primary N) is 1. The highest BCUT2D eigenvalue weighted by Gasteiger charge is 2.26. The standard InChI is InChI=1S/C11H15N3O4/c1-2-3-4-7-18-11(15)9-10(14(16)17)8(12)5-6-13-9/h5-6H,2-4,7H2,1H3,(H2,12,13). The van der Waals surface area contributed by atoms with Gasteiger partial charge in [0.05, 0.1) is 11.5 Å². The number of ether oxygens (including phenoxy) is 1. The number of hydrogen-bond acceptors (Lipinski definition) is 6. The molecule has 7 nitrogen and oxygen atoms in total. The number of esters is 1. The lowest BCUT2D eigenvalue weighted by Crippen LogP contribution is -2.12. The molecule has 0 bridgehead atoms. The number of carbonyl (C=O) groups is 1. The molecule has 2 N–H and O–H groups in total. The molecule has 0 aromatic carbocycles. The summed E-state index contributed by atoms with van der Waals surface area (Å²) in [7, 11) is 0. The van der Waals surface area contributed by atoms with Gasteiger partial charge in [-0.25, -0.2) is 9.78 Å². The molecule has 1 rings (SSSR count). The van der Waals surface area contributed by atoms with Gasteiger partial charge in [-0.05, 0) is 12.5 Å². The molecule has 0 amide bonds. The molecular formula is C11H15N3O4. The molecule has 0 unspecified atom stereocenters. The van der Waals surface area contributed by atoms with Crippen molar-refractivity contribution < 1.29 is 14.5 Å². The highest BCUT2D eigenvalue weighted by atomic mass is 16.6. The van der Waals surface area contributed by atoms with E-state index in [1.54, 1.807) is 0 Å². The molecule has 1 aromatic rings. The fraction of sp³-hybridized carbons (Fsp3) is 0.455. The Labute approximate surface area is 104 Å². The lowest BCUT2D eigenvalue weighted by atomic mass is 10.2. The third-order valence-corrected chi connectivity index (χ3v) is 2.31. The van der Waals surface area contributed by atoms with E-state index in [1.165, 1.54) is 12.3 Å². The Balaban J connectivity index is 2.79. The zero-order valence-electron chi connectivity index (χ0n) is 10.1. The van der Waals surface area contributed by atoms with Gasteiger partial charge in [0, 0.05) is 6.20 Å². The number of anilines is 1. The number of nitrogens with zero attached hydrogens (tertiary/aromatic N) is 2. The smallest absolute Gasteiger partial charge is 0.364 e. The van der Waals surface area contributed by atoms with Crippen LogP contribution in [0.25, 0.3) is 0 Å². The van der Waals surface area contributed by atoms with E-state index in [-0.39, 0.29) is 18.0 Å². The van der Waals surface area contributed by atoms with Crippen LogP contribution >= 0.6 is 0 Å². The average molecular weight is 253 g/mol. The number of nitro groups is 1. The van der Waals surface area contributed by atoms with Crippen LogP contribution < -0.4 is 5.73 Å². The van der Waals surface area contributed by atoms with Gasteiger partial charge in [0.1, 0.15) is 5.69 Å². The highest BCUT2D eigenvalue weighted by molar-refractivity contribution is 5.94. The number of hydrogen-bond donors (Lipinski definition) is 1. The quantitative estimate of drug-likeness (QED) is 0.359. The molecule has 0 saturated carbocycles. The second-order valence-corrected chi connectivity index (χ2v) is 3.70. The van der Waals surface area contributed by atoms with Gasteiger partial charge in [-0.2, -0.15) is 0 Å². The molecule has 0 fully saturated rings. The maximum absolute atomic E-state index is 11.6. The number of unbranched alkanes of at least 4 members (excludes halogenated alkanes) is 2.